The Bertz CT molecular complexity index is 922. The number of amides is 1. The van der Waals surface area contributed by atoms with Crippen molar-refractivity contribution in [3.63, 3.8) is 0 Å². The Morgan fingerprint density at radius 2 is 1.90 bits per heavy atom. The van der Waals surface area contributed by atoms with Gasteiger partial charge in [0.05, 0.1) is 36.0 Å². The zero-order valence-corrected chi connectivity index (χ0v) is 17.5. The molecule has 0 spiro atoms. The molecule has 0 aromatic carbocycles. The molecule has 0 fully saturated rings. The van der Waals surface area contributed by atoms with E-state index in [4.69, 9.17) is 0 Å². The zero-order chi connectivity index (χ0) is 22.1. The van der Waals surface area contributed by atoms with Gasteiger partial charge in [-0.1, -0.05) is 20.8 Å². The van der Waals surface area contributed by atoms with Crippen molar-refractivity contribution in [2.24, 2.45) is 5.41 Å². The summed E-state index contributed by atoms with van der Waals surface area (Å²) in [6.07, 6.45) is -0.749. The Labute approximate surface area is 173 Å². The molecule has 0 bridgehead atoms. The van der Waals surface area contributed by atoms with Crippen LogP contribution in [-0.4, -0.2) is 32.4 Å². The van der Waals surface area contributed by atoms with E-state index in [0.29, 0.717) is 42.4 Å². The van der Waals surface area contributed by atoms with Gasteiger partial charge in [0.2, 0.25) is 5.91 Å². The fourth-order valence-electron chi connectivity index (χ4n) is 3.22. The molecule has 0 unspecified atom stereocenters. The predicted molar refractivity (Wildman–Crippen MR) is 106 cm³/mol. The van der Waals surface area contributed by atoms with Crippen LogP contribution in [0.2, 0.25) is 0 Å². The molecule has 7 nitrogen and oxygen atoms in total. The fourth-order valence-corrected chi connectivity index (χ4v) is 3.22. The van der Waals surface area contributed by atoms with Crippen molar-refractivity contribution < 1.29 is 18.0 Å². The number of hydrogen-bond donors (Lipinski definition) is 1. The van der Waals surface area contributed by atoms with Gasteiger partial charge in [0, 0.05) is 13.0 Å². The molecular weight excluding hydrogens is 397 g/mol. The van der Waals surface area contributed by atoms with Crippen LogP contribution in [0.3, 0.4) is 0 Å². The largest absolute Gasteiger partial charge is 0.434 e. The molecule has 1 aliphatic rings. The van der Waals surface area contributed by atoms with Crippen LogP contribution in [0, 0.1) is 12.3 Å². The summed E-state index contributed by atoms with van der Waals surface area (Å²) in [5.41, 5.74) is 0.590. The third kappa shape index (κ3) is 5.43. The van der Waals surface area contributed by atoms with Gasteiger partial charge in [0.15, 0.2) is 17.3 Å². The molecule has 1 aliphatic heterocycles. The highest BCUT2D eigenvalue weighted by atomic mass is 19.4. The van der Waals surface area contributed by atoms with Crippen LogP contribution < -0.4 is 10.2 Å². The van der Waals surface area contributed by atoms with Crippen molar-refractivity contribution in [3.05, 3.63) is 35.2 Å². The topological polar surface area (TPSA) is 83.9 Å². The molecule has 3 heterocycles. The molecule has 2 aromatic rings. The molecule has 0 saturated heterocycles. The highest BCUT2D eigenvalue weighted by Gasteiger charge is 2.33. The van der Waals surface area contributed by atoms with Crippen molar-refractivity contribution in [1.82, 2.24) is 19.9 Å². The Morgan fingerprint density at radius 3 is 2.50 bits per heavy atom. The summed E-state index contributed by atoms with van der Waals surface area (Å²) in [6, 6.07) is 0. The lowest BCUT2D eigenvalue weighted by molar-refractivity contribution is -0.141. The summed E-state index contributed by atoms with van der Waals surface area (Å²) in [4.78, 5) is 30.8. The van der Waals surface area contributed by atoms with Crippen LogP contribution in [0.1, 0.15) is 56.4 Å². The quantitative estimate of drug-likeness (QED) is 0.804. The van der Waals surface area contributed by atoms with E-state index in [1.165, 1.54) is 0 Å². The van der Waals surface area contributed by atoms with Crippen molar-refractivity contribution in [2.45, 2.75) is 59.7 Å². The maximum Gasteiger partial charge on any atom is 0.434 e. The van der Waals surface area contributed by atoms with Gasteiger partial charge in [0.25, 0.3) is 0 Å². The smallest absolute Gasteiger partial charge is 0.349 e. The molecule has 0 radical (unpaired) electrons. The lowest BCUT2D eigenvalue weighted by Gasteiger charge is -2.30. The molecule has 2 aromatic heterocycles. The number of fused-ring (bicyclic) bond motifs is 1. The number of carbonyl (C=O) groups is 1. The van der Waals surface area contributed by atoms with E-state index in [1.54, 1.807) is 6.92 Å². The van der Waals surface area contributed by atoms with Crippen LogP contribution in [0.15, 0.2) is 12.4 Å². The molecule has 0 atom stereocenters. The third-order valence-corrected chi connectivity index (χ3v) is 4.56. The van der Waals surface area contributed by atoms with Crippen molar-refractivity contribution in [2.75, 3.05) is 16.8 Å². The molecule has 162 valence electrons. The number of halogens is 3. The van der Waals surface area contributed by atoms with Gasteiger partial charge in [-0.2, -0.15) is 13.2 Å². The molecule has 3 rings (SSSR count). The second kappa shape index (κ2) is 8.16. The van der Waals surface area contributed by atoms with Gasteiger partial charge in [-0.25, -0.2) is 15.0 Å². The second-order valence-electron chi connectivity index (χ2n) is 8.63. The van der Waals surface area contributed by atoms with Gasteiger partial charge in [0.1, 0.15) is 0 Å². The van der Waals surface area contributed by atoms with Crippen LogP contribution in [0.4, 0.5) is 24.8 Å². The maximum absolute atomic E-state index is 12.7. The van der Waals surface area contributed by atoms with Crippen LogP contribution in [-0.2, 0) is 23.9 Å². The van der Waals surface area contributed by atoms with Crippen molar-refractivity contribution in [3.8, 4) is 0 Å². The van der Waals surface area contributed by atoms with Crippen molar-refractivity contribution >= 4 is 17.5 Å². The van der Waals surface area contributed by atoms with Crippen LogP contribution in [0.5, 0.6) is 0 Å². The number of aryl methyl sites for hydroxylation is 2. The predicted octanol–water partition coefficient (Wildman–Crippen LogP) is 3.92. The van der Waals surface area contributed by atoms with Gasteiger partial charge in [-0.15, -0.1) is 0 Å². The summed E-state index contributed by atoms with van der Waals surface area (Å²) in [5.74, 6) is 0.987. The minimum atomic E-state index is -4.51. The number of nitrogens with one attached hydrogen (secondary N) is 1. The summed E-state index contributed by atoms with van der Waals surface area (Å²) in [6.45, 7) is 8.69. The van der Waals surface area contributed by atoms with E-state index in [1.807, 2.05) is 25.7 Å². The summed E-state index contributed by atoms with van der Waals surface area (Å²) in [5, 5.41) is 2.84. The summed E-state index contributed by atoms with van der Waals surface area (Å²) >= 11 is 0. The lowest BCUT2D eigenvalue weighted by Crippen LogP contribution is -2.32. The molecule has 10 heteroatoms. The second-order valence-corrected chi connectivity index (χ2v) is 8.63. The SMILES string of the molecule is Cc1nc2c(nc1NC(=O)CC(C)(C)C)CCCN2Cc1cnc(C(F)(F)F)cn1. The first kappa shape index (κ1) is 21.9. The zero-order valence-electron chi connectivity index (χ0n) is 17.5. The van der Waals surface area contributed by atoms with Gasteiger partial charge >= 0.3 is 6.18 Å². The van der Waals surface area contributed by atoms with E-state index in [0.717, 1.165) is 24.5 Å². The minimum absolute atomic E-state index is 0.118. The normalized spacial score (nSPS) is 14.4. The highest BCUT2D eigenvalue weighted by molar-refractivity contribution is 5.90. The molecule has 1 N–H and O–H groups in total. The number of alkyl halides is 3. The Balaban J connectivity index is 1.77. The number of anilines is 2. The van der Waals surface area contributed by atoms with Gasteiger partial charge in [-0.05, 0) is 25.2 Å². The minimum Gasteiger partial charge on any atom is -0.349 e. The van der Waals surface area contributed by atoms with E-state index in [9.17, 15) is 18.0 Å². The first-order valence-corrected chi connectivity index (χ1v) is 9.73. The monoisotopic (exact) mass is 422 g/mol. The Morgan fingerprint density at radius 1 is 1.17 bits per heavy atom. The van der Waals surface area contributed by atoms with E-state index in [-0.39, 0.29) is 17.9 Å². The van der Waals surface area contributed by atoms with Crippen LogP contribution in [0.25, 0.3) is 0 Å². The molecule has 30 heavy (non-hydrogen) atoms. The third-order valence-electron chi connectivity index (χ3n) is 4.56. The number of aromatic nitrogens is 4. The molecule has 0 aliphatic carbocycles. The van der Waals surface area contributed by atoms with Gasteiger partial charge < -0.3 is 10.2 Å². The number of nitrogens with zero attached hydrogens (tertiary/aromatic N) is 5. The first-order valence-electron chi connectivity index (χ1n) is 9.73. The number of carbonyl (C=O) groups excluding carboxylic acids is 1. The fraction of sp³-hybridized carbons (Fsp3) is 0.550. The Hall–Kier alpha value is -2.78. The average molecular weight is 422 g/mol. The number of rotatable bonds is 4. The highest BCUT2D eigenvalue weighted by Crippen LogP contribution is 2.29. The average Bonchev–Trinajstić information content (AvgIpc) is 2.61. The lowest BCUT2D eigenvalue weighted by atomic mass is 9.92. The molecule has 0 saturated carbocycles. The van der Waals surface area contributed by atoms with Crippen LogP contribution >= 0.6 is 0 Å². The summed E-state index contributed by atoms with van der Waals surface area (Å²) < 4.78 is 38.0. The number of hydrogen-bond acceptors (Lipinski definition) is 6. The van der Waals surface area contributed by atoms with Gasteiger partial charge in [-0.3, -0.25) is 9.78 Å². The maximum atomic E-state index is 12.7. The van der Waals surface area contributed by atoms with Crippen molar-refractivity contribution in [1.29, 1.82) is 0 Å². The summed E-state index contributed by atoms with van der Waals surface area (Å²) in [7, 11) is 0. The Kier molecular flexibility index (Phi) is 5.96. The van der Waals surface area contributed by atoms with E-state index in [2.05, 4.69) is 25.3 Å². The first-order chi connectivity index (χ1) is 13.9. The standard InChI is InChI=1S/C20H25F3N6O/c1-12-17(28-16(30)8-19(2,3)4)27-14-6-5-7-29(18(14)26-12)11-13-9-25-15(10-24-13)20(21,22)23/h9-10H,5-8,11H2,1-4H3,(H,27,28,30). The van der Waals surface area contributed by atoms with E-state index < -0.39 is 11.9 Å². The van der Waals surface area contributed by atoms with E-state index >= 15 is 0 Å². The molecule has 1 amide bonds. The molecular formula is C20H25F3N6O.